The van der Waals surface area contributed by atoms with Crippen molar-refractivity contribution < 1.29 is 4.79 Å². The molecule has 1 amide bonds. The molecule has 0 aromatic heterocycles. The van der Waals surface area contributed by atoms with Crippen LogP contribution in [0.15, 0.2) is 24.3 Å². The predicted molar refractivity (Wildman–Crippen MR) is 133 cm³/mol. The molecule has 2 nitrogen and oxygen atoms in total. The van der Waals surface area contributed by atoms with Gasteiger partial charge < -0.3 is 5.32 Å². The Balaban J connectivity index is 1.28. The Morgan fingerprint density at radius 2 is 1.84 bits per heavy atom. The van der Waals surface area contributed by atoms with E-state index in [1.165, 1.54) is 64.2 Å². The summed E-state index contributed by atoms with van der Waals surface area (Å²) < 4.78 is 0. The SMILES string of the molecule is C[C@H]1CC[C@H]2[C@H](CC[C@@H]3[C@@H]2CC[C@]2(C)[C@@H](CNC(=O)c4ccccc4P)CCC[C@@H]32)C1. The summed E-state index contributed by atoms with van der Waals surface area (Å²) in [6, 6.07) is 7.90. The smallest absolute Gasteiger partial charge is 0.251 e. The van der Waals surface area contributed by atoms with Crippen molar-refractivity contribution in [2.24, 2.45) is 46.8 Å². The quantitative estimate of drug-likeness (QED) is 0.557. The van der Waals surface area contributed by atoms with E-state index in [-0.39, 0.29) is 5.91 Å². The zero-order chi connectivity index (χ0) is 21.6. The first-order chi connectivity index (χ1) is 15.0. The lowest BCUT2D eigenvalue weighted by atomic mass is 9.45. The minimum Gasteiger partial charge on any atom is -0.352 e. The molecule has 1 unspecified atom stereocenters. The second kappa shape index (κ2) is 8.81. The van der Waals surface area contributed by atoms with Gasteiger partial charge in [0.25, 0.3) is 5.91 Å². The van der Waals surface area contributed by atoms with Crippen molar-refractivity contribution in [1.82, 2.24) is 5.32 Å². The molecule has 0 spiro atoms. The molecule has 4 aliphatic rings. The largest absolute Gasteiger partial charge is 0.352 e. The van der Waals surface area contributed by atoms with Crippen molar-refractivity contribution >= 4 is 20.5 Å². The molecule has 4 aliphatic carbocycles. The first kappa shape index (κ1) is 21.9. The Morgan fingerprint density at radius 1 is 1.03 bits per heavy atom. The highest BCUT2D eigenvalue weighted by Gasteiger charge is 2.55. The molecule has 4 fully saturated rings. The lowest BCUT2D eigenvalue weighted by molar-refractivity contribution is -0.108. The fraction of sp³-hybridized carbons (Fsp3) is 0.750. The van der Waals surface area contributed by atoms with Crippen LogP contribution in [0.5, 0.6) is 0 Å². The van der Waals surface area contributed by atoms with Crippen molar-refractivity contribution in [3.63, 3.8) is 0 Å². The van der Waals surface area contributed by atoms with E-state index >= 15 is 0 Å². The van der Waals surface area contributed by atoms with E-state index in [1.54, 1.807) is 0 Å². The van der Waals surface area contributed by atoms with Gasteiger partial charge in [-0.3, -0.25) is 4.79 Å². The molecule has 0 heterocycles. The molecule has 9 atom stereocenters. The van der Waals surface area contributed by atoms with Crippen molar-refractivity contribution in [3.8, 4) is 0 Å². The Hall–Kier alpha value is -0.880. The van der Waals surface area contributed by atoms with Gasteiger partial charge in [-0.05, 0) is 110 Å². The minimum absolute atomic E-state index is 0.0989. The first-order valence-corrected chi connectivity index (χ1v) is 13.7. The summed E-state index contributed by atoms with van der Waals surface area (Å²) in [7, 11) is 2.70. The average molecular weight is 440 g/mol. The normalized spacial score (nSPS) is 42.1. The van der Waals surface area contributed by atoms with Gasteiger partial charge in [0, 0.05) is 12.1 Å². The van der Waals surface area contributed by atoms with Gasteiger partial charge in [0.05, 0.1) is 0 Å². The van der Waals surface area contributed by atoms with Crippen LogP contribution in [-0.4, -0.2) is 12.5 Å². The highest BCUT2D eigenvalue weighted by molar-refractivity contribution is 7.27. The molecule has 4 saturated carbocycles. The van der Waals surface area contributed by atoms with Gasteiger partial charge >= 0.3 is 0 Å². The van der Waals surface area contributed by atoms with E-state index in [0.29, 0.717) is 11.3 Å². The number of amides is 1. The second-order valence-electron chi connectivity index (χ2n) is 11.8. The van der Waals surface area contributed by atoms with Gasteiger partial charge in [0.1, 0.15) is 0 Å². The lowest BCUT2D eigenvalue weighted by Crippen LogP contribution is -2.54. The van der Waals surface area contributed by atoms with Crippen LogP contribution in [-0.2, 0) is 0 Å². The number of benzene rings is 1. The Labute approximate surface area is 191 Å². The lowest BCUT2D eigenvalue weighted by Gasteiger charge is -2.60. The van der Waals surface area contributed by atoms with Gasteiger partial charge in [-0.25, -0.2) is 0 Å². The zero-order valence-corrected chi connectivity index (χ0v) is 20.8. The molecule has 0 radical (unpaired) electrons. The monoisotopic (exact) mass is 439 g/mol. The number of carbonyl (C=O) groups is 1. The van der Waals surface area contributed by atoms with E-state index in [9.17, 15) is 4.79 Å². The topological polar surface area (TPSA) is 29.1 Å². The number of carbonyl (C=O) groups excluding carboxylic acids is 1. The highest BCUT2D eigenvalue weighted by Crippen LogP contribution is 2.62. The van der Waals surface area contributed by atoms with Gasteiger partial charge in [-0.2, -0.15) is 0 Å². The van der Waals surface area contributed by atoms with Crippen molar-refractivity contribution in [2.75, 3.05) is 6.54 Å². The maximum Gasteiger partial charge on any atom is 0.251 e. The fourth-order valence-electron chi connectivity index (χ4n) is 8.75. The molecule has 1 aromatic carbocycles. The summed E-state index contributed by atoms with van der Waals surface area (Å²) in [4.78, 5) is 12.9. The third kappa shape index (κ3) is 4.01. The first-order valence-electron chi connectivity index (χ1n) is 13.1. The van der Waals surface area contributed by atoms with Gasteiger partial charge in [-0.1, -0.05) is 44.9 Å². The van der Waals surface area contributed by atoms with Gasteiger partial charge in [0.15, 0.2) is 0 Å². The minimum atomic E-state index is 0.0989. The molecular formula is C28H42NOP. The molecule has 0 bridgehead atoms. The van der Waals surface area contributed by atoms with Gasteiger partial charge in [0.2, 0.25) is 0 Å². The van der Waals surface area contributed by atoms with E-state index in [2.05, 4.69) is 28.4 Å². The van der Waals surface area contributed by atoms with Crippen LogP contribution in [0.3, 0.4) is 0 Å². The number of hydrogen-bond acceptors (Lipinski definition) is 1. The van der Waals surface area contributed by atoms with Crippen LogP contribution >= 0.6 is 9.24 Å². The van der Waals surface area contributed by atoms with E-state index in [4.69, 9.17) is 0 Å². The summed E-state index contributed by atoms with van der Waals surface area (Å²) in [5.74, 6) is 6.59. The van der Waals surface area contributed by atoms with Crippen LogP contribution in [0.25, 0.3) is 0 Å². The van der Waals surface area contributed by atoms with E-state index in [0.717, 1.165) is 52.9 Å². The second-order valence-corrected chi connectivity index (χ2v) is 12.4. The van der Waals surface area contributed by atoms with Crippen LogP contribution in [0, 0.1) is 46.8 Å². The predicted octanol–water partition coefficient (Wildman–Crippen LogP) is 6.21. The molecule has 0 aliphatic heterocycles. The number of rotatable bonds is 3. The summed E-state index contributed by atoms with van der Waals surface area (Å²) >= 11 is 0. The van der Waals surface area contributed by atoms with E-state index in [1.807, 2.05) is 24.3 Å². The molecule has 3 heteroatoms. The van der Waals surface area contributed by atoms with Gasteiger partial charge in [-0.15, -0.1) is 9.24 Å². The Morgan fingerprint density at radius 3 is 2.68 bits per heavy atom. The van der Waals surface area contributed by atoms with Crippen molar-refractivity contribution in [1.29, 1.82) is 0 Å². The third-order valence-electron chi connectivity index (χ3n) is 10.4. The average Bonchev–Trinajstić information content (AvgIpc) is 2.77. The third-order valence-corrected chi connectivity index (χ3v) is 10.9. The maximum absolute atomic E-state index is 12.9. The van der Waals surface area contributed by atoms with Crippen molar-refractivity contribution in [3.05, 3.63) is 29.8 Å². The van der Waals surface area contributed by atoms with Crippen LogP contribution in [0.1, 0.15) is 88.4 Å². The maximum atomic E-state index is 12.9. The molecule has 1 N–H and O–H groups in total. The van der Waals surface area contributed by atoms with E-state index < -0.39 is 0 Å². The van der Waals surface area contributed by atoms with Crippen LogP contribution < -0.4 is 10.6 Å². The zero-order valence-electron chi connectivity index (χ0n) is 19.6. The summed E-state index contributed by atoms with van der Waals surface area (Å²) in [6.07, 6.45) is 14.4. The molecule has 0 saturated heterocycles. The molecule has 5 rings (SSSR count). The molecule has 31 heavy (non-hydrogen) atoms. The van der Waals surface area contributed by atoms with Crippen LogP contribution in [0.4, 0.5) is 0 Å². The fourth-order valence-corrected chi connectivity index (χ4v) is 9.09. The Kier molecular flexibility index (Phi) is 6.24. The Bertz CT molecular complexity index is 808. The molecule has 170 valence electrons. The number of nitrogens with one attached hydrogen (secondary N) is 1. The summed E-state index contributed by atoms with van der Waals surface area (Å²) in [5.41, 5.74) is 1.22. The highest BCUT2D eigenvalue weighted by atomic mass is 31.0. The number of hydrogen-bond donors (Lipinski definition) is 1. The molecular weight excluding hydrogens is 397 g/mol. The summed E-state index contributed by atoms with van der Waals surface area (Å²) in [5, 5.41) is 4.33. The summed E-state index contributed by atoms with van der Waals surface area (Å²) in [6.45, 7) is 5.93. The van der Waals surface area contributed by atoms with Crippen molar-refractivity contribution in [2.45, 2.75) is 78.1 Å². The van der Waals surface area contributed by atoms with Crippen LogP contribution in [0.2, 0.25) is 0 Å². The molecule has 1 aromatic rings. The standard InChI is InChI=1S/C28H42NOP/c1-18-10-12-21-19(16-18)11-13-23-22(21)14-15-28(2)20(6-5-8-25(23)28)17-29-27(30)24-7-3-4-9-26(24)31/h3-4,7,9,18-23,25H,5-6,8,10-17,31H2,1-2H3,(H,29,30)/t18-,19+,20+,21-,22+,23+,25-,28+/m0/s1. The number of fused-ring (bicyclic) bond motifs is 5.